The summed E-state index contributed by atoms with van der Waals surface area (Å²) in [7, 11) is -3.20. The van der Waals surface area contributed by atoms with Crippen LogP contribution in [0.2, 0.25) is 0 Å². The van der Waals surface area contributed by atoms with Gasteiger partial charge in [0.25, 0.3) is 0 Å². The van der Waals surface area contributed by atoms with E-state index in [4.69, 9.17) is 0 Å². The molecule has 0 fully saturated rings. The number of benzene rings is 2. The van der Waals surface area contributed by atoms with E-state index in [2.05, 4.69) is 15.3 Å². The summed E-state index contributed by atoms with van der Waals surface area (Å²) < 4.78 is 23.0. The fourth-order valence-corrected chi connectivity index (χ4v) is 2.73. The van der Waals surface area contributed by atoms with Gasteiger partial charge in [0.1, 0.15) is 0 Å². The summed E-state index contributed by atoms with van der Waals surface area (Å²) in [5, 5.41) is 3.13. The third-order valence-corrected chi connectivity index (χ3v) is 4.39. The second-order valence-corrected chi connectivity index (χ2v) is 7.07. The van der Waals surface area contributed by atoms with E-state index in [9.17, 15) is 8.42 Å². The molecular formula is C17H15N3O2S. The molecule has 1 N–H and O–H groups in total. The molecule has 2 aromatic carbocycles. The van der Waals surface area contributed by atoms with Crippen molar-refractivity contribution >= 4 is 21.5 Å². The zero-order chi connectivity index (χ0) is 16.3. The van der Waals surface area contributed by atoms with Crippen LogP contribution >= 0.6 is 0 Å². The molecule has 0 amide bonds. The minimum Gasteiger partial charge on any atom is -0.324 e. The zero-order valence-corrected chi connectivity index (χ0v) is 13.3. The molecule has 0 saturated carbocycles. The van der Waals surface area contributed by atoms with Gasteiger partial charge in [-0.15, -0.1) is 0 Å². The normalized spacial score (nSPS) is 11.2. The Kier molecular flexibility index (Phi) is 4.08. The lowest BCUT2D eigenvalue weighted by Crippen LogP contribution is -1.98. The summed E-state index contributed by atoms with van der Waals surface area (Å²) in [4.78, 5) is 8.95. The Morgan fingerprint density at radius 1 is 0.913 bits per heavy atom. The van der Waals surface area contributed by atoms with Gasteiger partial charge in [-0.2, -0.15) is 0 Å². The van der Waals surface area contributed by atoms with E-state index in [1.54, 1.807) is 36.5 Å². The molecule has 0 bridgehead atoms. The van der Waals surface area contributed by atoms with Gasteiger partial charge in [-0.1, -0.05) is 30.3 Å². The monoisotopic (exact) mass is 325 g/mol. The second-order valence-electron chi connectivity index (χ2n) is 5.05. The van der Waals surface area contributed by atoms with Crippen molar-refractivity contribution in [1.82, 2.24) is 9.97 Å². The first-order valence-electron chi connectivity index (χ1n) is 6.98. The summed E-state index contributed by atoms with van der Waals surface area (Å²) in [6.07, 6.45) is 2.85. The number of nitrogens with zero attached hydrogens (tertiary/aromatic N) is 2. The lowest BCUT2D eigenvalue weighted by Gasteiger charge is -2.07. The third-order valence-electron chi connectivity index (χ3n) is 3.26. The van der Waals surface area contributed by atoms with Crippen LogP contribution in [0.3, 0.4) is 0 Å². The Morgan fingerprint density at radius 3 is 2.26 bits per heavy atom. The van der Waals surface area contributed by atoms with Crippen LogP contribution in [-0.4, -0.2) is 24.6 Å². The van der Waals surface area contributed by atoms with Gasteiger partial charge in [0.15, 0.2) is 9.84 Å². The van der Waals surface area contributed by atoms with E-state index in [-0.39, 0.29) is 4.90 Å². The van der Waals surface area contributed by atoms with Crippen LogP contribution in [0.4, 0.5) is 11.6 Å². The van der Waals surface area contributed by atoms with Crippen molar-refractivity contribution in [2.75, 3.05) is 11.6 Å². The molecule has 0 aliphatic heterocycles. The number of nitrogens with one attached hydrogen (secondary N) is 1. The maximum Gasteiger partial charge on any atom is 0.227 e. The molecule has 0 radical (unpaired) electrons. The van der Waals surface area contributed by atoms with Crippen LogP contribution in [-0.2, 0) is 9.84 Å². The van der Waals surface area contributed by atoms with Crippen molar-refractivity contribution < 1.29 is 8.42 Å². The molecule has 23 heavy (non-hydrogen) atoms. The first-order chi connectivity index (χ1) is 11.0. The first kappa shape index (κ1) is 15.2. The van der Waals surface area contributed by atoms with E-state index >= 15 is 0 Å². The van der Waals surface area contributed by atoms with Gasteiger partial charge in [-0.3, -0.25) is 0 Å². The van der Waals surface area contributed by atoms with Crippen molar-refractivity contribution in [1.29, 1.82) is 0 Å². The Hall–Kier alpha value is -2.73. The highest BCUT2D eigenvalue weighted by Crippen LogP contribution is 2.21. The standard InChI is InChI=1S/C17H15N3O2S/c1-23(21,22)15-9-7-13(8-10-15)16-11-12-18-17(20-16)19-14-5-3-2-4-6-14/h2-12H,1H3,(H,18,19,20). The molecule has 5 nitrogen and oxygen atoms in total. The maximum absolute atomic E-state index is 11.5. The zero-order valence-electron chi connectivity index (χ0n) is 12.5. The Morgan fingerprint density at radius 2 is 1.61 bits per heavy atom. The molecule has 6 heteroatoms. The Balaban J connectivity index is 1.88. The van der Waals surface area contributed by atoms with Crippen LogP contribution in [0, 0.1) is 0 Å². The molecule has 1 aromatic heterocycles. The number of hydrogen-bond donors (Lipinski definition) is 1. The van der Waals surface area contributed by atoms with Gasteiger partial charge in [-0.05, 0) is 30.3 Å². The lowest BCUT2D eigenvalue weighted by atomic mass is 10.1. The van der Waals surface area contributed by atoms with Crippen molar-refractivity contribution in [3.63, 3.8) is 0 Å². The van der Waals surface area contributed by atoms with Gasteiger partial charge >= 0.3 is 0 Å². The smallest absolute Gasteiger partial charge is 0.227 e. The predicted molar refractivity (Wildman–Crippen MR) is 90.3 cm³/mol. The molecule has 3 aromatic rings. The summed E-state index contributed by atoms with van der Waals surface area (Å²) in [5.41, 5.74) is 2.45. The van der Waals surface area contributed by atoms with Crippen LogP contribution in [0.1, 0.15) is 0 Å². The average Bonchev–Trinajstić information content (AvgIpc) is 2.55. The Labute approximate surface area is 135 Å². The van der Waals surface area contributed by atoms with Crippen molar-refractivity contribution in [3.8, 4) is 11.3 Å². The van der Waals surface area contributed by atoms with Crippen LogP contribution in [0.15, 0.2) is 71.8 Å². The number of sulfone groups is 1. The van der Waals surface area contributed by atoms with E-state index in [1.165, 1.54) is 6.26 Å². The van der Waals surface area contributed by atoms with Crippen LogP contribution in [0.25, 0.3) is 11.3 Å². The topological polar surface area (TPSA) is 72.0 Å². The molecular weight excluding hydrogens is 310 g/mol. The summed E-state index contributed by atoms with van der Waals surface area (Å²) in [5.74, 6) is 0.487. The number of para-hydroxylation sites is 1. The van der Waals surface area contributed by atoms with Gasteiger partial charge in [0.2, 0.25) is 5.95 Å². The maximum atomic E-state index is 11.5. The fraction of sp³-hybridized carbons (Fsp3) is 0.0588. The quantitative estimate of drug-likeness (QED) is 0.797. The van der Waals surface area contributed by atoms with Crippen LogP contribution < -0.4 is 5.32 Å². The lowest BCUT2D eigenvalue weighted by molar-refractivity contribution is 0.602. The van der Waals surface area contributed by atoms with E-state index in [0.717, 1.165) is 16.9 Å². The minimum absolute atomic E-state index is 0.290. The molecule has 116 valence electrons. The SMILES string of the molecule is CS(=O)(=O)c1ccc(-c2ccnc(Nc3ccccc3)n2)cc1. The highest BCUT2D eigenvalue weighted by atomic mass is 32.2. The average molecular weight is 325 g/mol. The number of rotatable bonds is 4. The van der Waals surface area contributed by atoms with Gasteiger partial charge in [0.05, 0.1) is 10.6 Å². The van der Waals surface area contributed by atoms with E-state index in [0.29, 0.717) is 5.95 Å². The number of anilines is 2. The summed E-state index contributed by atoms with van der Waals surface area (Å²) >= 11 is 0. The van der Waals surface area contributed by atoms with Crippen LogP contribution in [0.5, 0.6) is 0 Å². The molecule has 3 rings (SSSR count). The fourth-order valence-electron chi connectivity index (χ4n) is 2.10. The highest BCUT2D eigenvalue weighted by molar-refractivity contribution is 7.90. The highest BCUT2D eigenvalue weighted by Gasteiger charge is 2.08. The second kappa shape index (κ2) is 6.18. The molecule has 0 spiro atoms. The summed E-state index contributed by atoms with van der Waals surface area (Å²) in [6.45, 7) is 0. The third kappa shape index (κ3) is 3.73. The number of aromatic nitrogens is 2. The molecule has 0 unspecified atom stereocenters. The Bertz CT molecular complexity index is 908. The molecule has 0 aliphatic carbocycles. The largest absolute Gasteiger partial charge is 0.324 e. The van der Waals surface area contributed by atoms with Gasteiger partial charge < -0.3 is 5.32 Å². The molecule has 0 atom stereocenters. The molecule has 0 saturated heterocycles. The molecule has 0 aliphatic rings. The van der Waals surface area contributed by atoms with Crippen molar-refractivity contribution in [2.24, 2.45) is 0 Å². The van der Waals surface area contributed by atoms with E-state index in [1.807, 2.05) is 30.3 Å². The van der Waals surface area contributed by atoms with Crippen molar-refractivity contribution in [2.45, 2.75) is 4.90 Å². The van der Waals surface area contributed by atoms with Gasteiger partial charge in [-0.25, -0.2) is 18.4 Å². The summed E-state index contributed by atoms with van der Waals surface area (Å²) in [6, 6.07) is 18.1. The predicted octanol–water partition coefficient (Wildman–Crippen LogP) is 3.29. The number of hydrogen-bond acceptors (Lipinski definition) is 5. The van der Waals surface area contributed by atoms with Gasteiger partial charge in [0, 0.05) is 23.7 Å². The minimum atomic E-state index is -3.20. The molecule has 1 heterocycles. The van der Waals surface area contributed by atoms with E-state index < -0.39 is 9.84 Å². The first-order valence-corrected chi connectivity index (χ1v) is 8.87. The van der Waals surface area contributed by atoms with Crippen molar-refractivity contribution in [3.05, 3.63) is 66.9 Å².